The van der Waals surface area contributed by atoms with Crippen LogP contribution in [0.5, 0.6) is 23.0 Å². The van der Waals surface area contributed by atoms with Crippen LogP contribution < -0.4 is 18.9 Å². The summed E-state index contributed by atoms with van der Waals surface area (Å²) in [5.74, 6) is -0.114. The van der Waals surface area contributed by atoms with Gasteiger partial charge in [-0.05, 0) is 130 Å². The van der Waals surface area contributed by atoms with Crippen molar-refractivity contribution in [1.82, 2.24) is 0 Å². The van der Waals surface area contributed by atoms with Crippen LogP contribution in [-0.2, 0) is 0 Å². The van der Waals surface area contributed by atoms with E-state index in [1.54, 1.807) is 39.5 Å². The summed E-state index contributed by atoms with van der Waals surface area (Å²) < 4.78 is 80.0. The third-order valence-corrected chi connectivity index (χ3v) is 14.5. The highest BCUT2D eigenvalue weighted by molar-refractivity contribution is 9.11. The van der Waals surface area contributed by atoms with Crippen LogP contribution in [0, 0.1) is 23.3 Å². The molecule has 0 saturated heterocycles. The fourth-order valence-electron chi connectivity index (χ4n) is 9.44. The Balaban J connectivity index is 0.000000213. The average molecular weight is 1220 g/mol. The number of hydrogen-bond donors (Lipinski definition) is 1. The lowest BCUT2D eigenvalue weighted by atomic mass is 9.92. The van der Waals surface area contributed by atoms with E-state index in [1.165, 1.54) is 12.1 Å². The summed E-state index contributed by atoms with van der Waals surface area (Å²) in [6.45, 7) is 0. The number of rotatable bonds is 13. The van der Waals surface area contributed by atoms with Crippen molar-refractivity contribution in [2.24, 2.45) is 0 Å². The van der Waals surface area contributed by atoms with Gasteiger partial charge in [0, 0.05) is 38.9 Å². The van der Waals surface area contributed by atoms with Crippen LogP contribution in [0.15, 0.2) is 252 Å². The van der Waals surface area contributed by atoms with E-state index in [-0.39, 0.29) is 27.5 Å². The number of halogens is 6. The zero-order chi connectivity index (χ0) is 56.8. The summed E-state index contributed by atoms with van der Waals surface area (Å²) in [5, 5.41) is 8.89. The van der Waals surface area contributed by atoms with Crippen LogP contribution in [0.25, 0.3) is 89.0 Å². The van der Waals surface area contributed by atoms with Gasteiger partial charge in [0.1, 0.15) is 40.5 Å². The van der Waals surface area contributed by atoms with Gasteiger partial charge < -0.3 is 23.9 Å². The van der Waals surface area contributed by atoms with Crippen molar-refractivity contribution in [2.75, 3.05) is 21.3 Å². The third kappa shape index (κ3) is 13.7. The largest absolute Gasteiger partial charge is 0.569 e. The lowest BCUT2D eigenvalue weighted by molar-refractivity contribution is 0.383. The SMILES string of the molecule is C.COc1c(-c2cccc(-c3ccccc3)c2)cccc1-c1cc(F)c(-c2cccc(-c3cccc(-c4ccccc4)c3)c2OC)cc1F.COc1c(O[B]O)cccc1-c1cccc(-c2ccccc2)c1.Fc1cc(Br)c(F)cc1Br. The zero-order valence-corrected chi connectivity index (χ0v) is 47.2. The van der Waals surface area contributed by atoms with E-state index in [0.717, 1.165) is 78.9 Å². The van der Waals surface area contributed by atoms with Gasteiger partial charge in [-0.3, -0.25) is 0 Å². The maximum Gasteiger partial charge on any atom is 0.569 e. The van der Waals surface area contributed by atoms with Gasteiger partial charge in [-0.25, -0.2) is 17.6 Å². The molecule has 0 aromatic heterocycles. The van der Waals surface area contributed by atoms with Crippen molar-refractivity contribution in [3.8, 4) is 112 Å². The second-order valence-electron chi connectivity index (χ2n) is 18.2. The minimum atomic E-state index is -0.571. The Morgan fingerprint density at radius 3 is 0.939 bits per heavy atom. The van der Waals surface area contributed by atoms with Crippen molar-refractivity contribution in [3.05, 3.63) is 275 Å². The Bertz CT molecular complexity index is 3730. The molecular weight excluding hydrogens is 1170 g/mol. The number of benzene rings is 11. The van der Waals surface area contributed by atoms with Crippen molar-refractivity contribution in [1.29, 1.82) is 0 Å². The summed E-state index contributed by atoms with van der Waals surface area (Å²) >= 11 is 5.69. The van der Waals surface area contributed by atoms with Crippen LogP contribution in [0.2, 0.25) is 0 Å². The van der Waals surface area contributed by atoms with Crippen LogP contribution in [0.1, 0.15) is 7.43 Å². The second-order valence-corrected chi connectivity index (χ2v) is 19.9. The van der Waals surface area contributed by atoms with E-state index < -0.39 is 23.3 Å². The van der Waals surface area contributed by atoms with E-state index in [1.807, 2.05) is 140 Å². The molecule has 0 amide bonds. The molecule has 0 atom stereocenters. The van der Waals surface area contributed by atoms with Gasteiger partial charge in [0.15, 0.2) is 5.75 Å². The highest BCUT2D eigenvalue weighted by Crippen LogP contribution is 2.45. The molecule has 1 N–H and O–H groups in total. The Kier molecular flexibility index (Phi) is 20.4. The number of hydrogen-bond acceptors (Lipinski definition) is 5. The molecule has 12 heteroatoms. The minimum Gasteiger partial charge on any atom is -0.535 e. The average Bonchev–Trinajstić information content (AvgIpc) is 3.70. The van der Waals surface area contributed by atoms with Gasteiger partial charge in [0.2, 0.25) is 0 Å². The van der Waals surface area contributed by atoms with E-state index in [9.17, 15) is 8.78 Å². The monoisotopic (exact) mass is 1220 g/mol. The zero-order valence-electron chi connectivity index (χ0n) is 44.0. The highest BCUT2D eigenvalue weighted by atomic mass is 79.9. The molecule has 11 rings (SSSR count). The molecule has 11 aromatic carbocycles. The van der Waals surface area contributed by atoms with Crippen LogP contribution >= 0.6 is 31.9 Å². The van der Waals surface area contributed by atoms with Gasteiger partial charge in [0.25, 0.3) is 0 Å². The molecule has 0 bridgehead atoms. The summed E-state index contributed by atoms with van der Waals surface area (Å²) in [6, 6.07) is 76.1. The molecule has 1 radical (unpaired) electrons. The maximum absolute atomic E-state index is 16.2. The first-order valence-corrected chi connectivity index (χ1v) is 27.0. The molecule has 82 heavy (non-hydrogen) atoms. The lowest BCUT2D eigenvalue weighted by Crippen LogP contribution is -2.02. The predicted octanol–water partition coefficient (Wildman–Crippen LogP) is 20.0. The first kappa shape index (κ1) is 59.4. The van der Waals surface area contributed by atoms with Gasteiger partial charge >= 0.3 is 7.69 Å². The molecule has 0 aliphatic carbocycles. The normalized spacial score (nSPS) is 10.5. The quantitative estimate of drug-likeness (QED) is 0.0708. The van der Waals surface area contributed by atoms with Crippen molar-refractivity contribution in [2.45, 2.75) is 7.43 Å². The summed E-state index contributed by atoms with van der Waals surface area (Å²) in [7, 11) is 5.34. The molecule has 0 aliphatic heterocycles. The molecule has 409 valence electrons. The van der Waals surface area contributed by atoms with Crippen molar-refractivity contribution >= 4 is 39.5 Å². The highest BCUT2D eigenvalue weighted by Gasteiger charge is 2.22. The Labute approximate surface area is 493 Å². The molecule has 0 unspecified atom stereocenters. The van der Waals surface area contributed by atoms with Gasteiger partial charge in [-0.2, -0.15) is 0 Å². The van der Waals surface area contributed by atoms with Crippen LogP contribution in [-0.4, -0.2) is 34.0 Å². The fourth-order valence-corrected chi connectivity index (χ4v) is 10.1. The minimum absolute atomic E-state index is 0. The van der Waals surface area contributed by atoms with Gasteiger partial charge in [0.05, 0.1) is 30.3 Å². The molecule has 11 aromatic rings. The second kappa shape index (κ2) is 28.2. The summed E-state index contributed by atoms with van der Waals surface area (Å²) in [6.07, 6.45) is 0. The lowest BCUT2D eigenvalue weighted by Gasteiger charge is -2.18. The van der Waals surface area contributed by atoms with Crippen LogP contribution in [0.3, 0.4) is 0 Å². The van der Waals surface area contributed by atoms with Crippen molar-refractivity contribution < 1.29 is 41.5 Å². The summed E-state index contributed by atoms with van der Waals surface area (Å²) in [4.78, 5) is 0. The van der Waals surface area contributed by atoms with E-state index in [2.05, 4.69) is 92.5 Å². The molecule has 0 fully saturated rings. The van der Waals surface area contributed by atoms with E-state index >= 15 is 8.78 Å². The van der Waals surface area contributed by atoms with Gasteiger partial charge in [-0.1, -0.05) is 202 Å². The Morgan fingerprint density at radius 1 is 0.305 bits per heavy atom. The van der Waals surface area contributed by atoms with E-state index in [0.29, 0.717) is 41.8 Å². The van der Waals surface area contributed by atoms with Crippen LogP contribution in [0.4, 0.5) is 17.6 Å². The maximum atomic E-state index is 16.2. The topological polar surface area (TPSA) is 57.2 Å². The van der Waals surface area contributed by atoms with Gasteiger partial charge in [-0.15, -0.1) is 0 Å². The fraction of sp³-hybridized carbons (Fsp3) is 0.0571. The number of para-hydroxylation sites is 3. The molecule has 0 saturated carbocycles. The standard InChI is InChI=1S/C44H32F2O2.C19H16BO3.C6H2Br2F2.CH4/c1-47-43-35(33-19-9-17-31(25-33)29-13-5-3-6-14-29)21-11-23-37(43)39-27-42(46)40(28-41(39)45)38-24-12-22-36(44(38)48-2)34-20-10-18-32(26-34)30-15-7-4-8-16-30;1-22-19-17(11-6-12-18(19)23-20-21)16-10-5-9-15(13-16)14-7-3-2-4-8-14;7-3-1-5(9)4(8)2-6(3)10;/h3-28H,1-2H3;2-13,21H,1H3;1-2H;1H4. The number of methoxy groups -OCH3 is 3. The smallest absolute Gasteiger partial charge is 0.535 e. The molecule has 0 heterocycles. The number of ether oxygens (including phenoxy) is 3. The predicted molar refractivity (Wildman–Crippen MR) is 333 cm³/mol. The first-order chi connectivity index (χ1) is 39.5. The summed E-state index contributed by atoms with van der Waals surface area (Å²) in [5.41, 5.74) is 13.0. The third-order valence-electron chi connectivity index (χ3n) is 13.2. The molecule has 0 spiro atoms. The Morgan fingerprint density at radius 2 is 0.598 bits per heavy atom. The molecular formula is C70H54BBr2F4O5. The van der Waals surface area contributed by atoms with E-state index in [4.69, 9.17) is 23.9 Å². The first-order valence-electron chi connectivity index (χ1n) is 25.4. The molecule has 5 nitrogen and oxygen atoms in total. The molecule has 0 aliphatic rings. The Hall–Kier alpha value is -8.68. The van der Waals surface area contributed by atoms with Crippen molar-refractivity contribution in [3.63, 3.8) is 0 Å².